The Labute approximate surface area is 184 Å². The van der Waals surface area contributed by atoms with Gasteiger partial charge in [-0.1, -0.05) is 23.7 Å². The summed E-state index contributed by atoms with van der Waals surface area (Å²) in [4.78, 5) is 12.7. The molecule has 0 aliphatic carbocycles. The van der Waals surface area contributed by atoms with E-state index in [1.165, 1.54) is 19.2 Å². The van der Waals surface area contributed by atoms with Crippen LogP contribution >= 0.6 is 23.8 Å². The van der Waals surface area contributed by atoms with Crippen molar-refractivity contribution in [1.82, 2.24) is 10.6 Å². The van der Waals surface area contributed by atoms with Gasteiger partial charge in [0.25, 0.3) is 0 Å². The number of benzene rings is 2. The van der Waals surface area contributed by atoms with Gasteiger partial charge in [0.05, 0.1) is 35.0 Å². The van der Waals surface area contributed by atoms with Crippen LogP contribution in [0.15, 0.2) is 42.0 Å². The Morgan fingerprint density at radius 2 is 1.84 bits per heavy atom. The van der Waals surface area contributed by atoms with E-state index in [1.54, 1.807) is 12.1 Å². The topological polar surface area (TPSA) is 68.8 Å². The summed E-state index contributed by atoms with van der Waals surface area (Å²) in [5.74, 6) is 0.180. The maximum Gasteiger partial charge on any atom is 0.416 e. The predicted molar refractivity (Wildman–Crippen MR) is 110 cm³/mol. The molecule has 1 atom stereocenters. The highest BCUT2D eigenvalue weighted by Crippen LogP contribution is 2.42. The number of carbonyl (C=O) groups is 1. The Morgan fingerprint density at radius 3 is 2.45 bits per heavy atom. The van der Waals surface area contributed by atoms with Gasteiger partial charge in [-0.25, -0.2) is 4.79 Å². The molecule has 0 spiro atoms. The zero-order chi connectivity index (χ0) is 22.3. The first-order chi connectivity index (χ1) is 14.7. The molecule has 0 saturated heterocycles. The number of fused-ring (bicyclic) bond motifs is 1. The molecule has 0 amide bonds. The van der Waals surface area contributed by atoms with Gasteiger partial charge in [-0.3, -0.25) is 0 Å². The Morgan fingerprint density at radius 1 is 1.19 bits per heavy atom. The summed E-state index contributed by atoms with van der Waals surface area (Å²) in [7, 11) is 1.20. The van der Waals surface area contributed by atoms with Crippen molar-refractivity contribution >= 4 is 40.6 Å². The van der Waals surface area contributed by atoms with E-state index in [9.17, 15) is 18.0 Å². The molecule has 2 aliphatic rings. The number of esters is 1. The summed E-state index contributed by atoms with van der Waals surface area (Å²) in [6.45, 7) is 0.0314. The predicted octanol–water partition coefficient (Wildman–Crippen LogP) is 4.19. The van der Waals surface area contributed by atoms with E-state index in [4.69, 9.17) is 38.0 Å². The summed E-state index contributed by atoms with van der Waals surface area (Å²) in [6.07, 6.45) is -4.49. The van der Waals surface area contributed by atoms with Crippen LogP contribution in [0.1, 0.15) is 22.7 Å². The molecular formula is C20H14ClF3N2O4S. The molecule has 0 fully saturated rings. The molecule has 2 heterocycles. The summed E-state index contributed by atoms with van der Waals surface area (Å²) < 4.78 is 54.5. The van der Waals surface area contributed by atoms with Crippen molar-refractivity contribution in [2.45, 2.75) is 12.2 Å². The zero-order valence-corrected chi connectivity index (χ0v) is 17.4. The molecule has 0 aromatic heterocycles. The first kappa shape index (κ1) is 21.3. The van der Waals surface area contributed by atoms with Crippen LogP contribution in [0, 0.1) is 0 Å². The fourth-order valence-electron chi connectivity index (χ4n) is 3.34. The third-order valence-electron chi connectivity index (χ3n) is 4.78. The number of alkyl halides is 3. The monoisotopic (exact) mass is 470 g/mol. The molecule has 31 heavy (non-hydrogen) atoms. The first-order valence-corrected chi connectivity index (χ1v) is 9.64. The third-order valence-corrected chi connectivity index (χ3v) is 5.33. The third kappa shape index (κ3) is 4.00. The molecule has 162 valence electrons. The van der Waals surface area contributed by atoms with E-state index in [0.717, 1.165) is 12.1 Å². The molecule has 0 saturated carbocycles. The molecule has 2 aromatic rings. The molecule has 6 nitrogen and oxygen atoms in total. The minimum Gasteiger partial charge on any atom is -0.466 e. The number of ether oxygens (including phenoxy) is 3. The summed E-state index contributed by atoms with van der Waals surface area (Å²) >= 11 is 11.7. The molecule has 1 unspecified atom stereocenters. The van der Waals surface area contributed by atoms with Gasteiger partial charge in [0, 0.05) is 11.6 Å². The summed E-state index contributed by atoms with van der Waals surface area (Å²) in [5.41, 5.74) is 0.265. The minimum atomic E-state index is -4.49. The van der Waals surface area contributed by atoms with Crippen LogP contribution < -0.4 is 20.1 Å². The second kappa shape index (κ2) is 7.93. The van der Waals surface area contributed by atoms with E-state index < -0.39 is 23.8 Å². The lowest BCUT2D eigenvalue weighted by Crippen LogP contribution is -2.45. The lowest BCUT2D eigenvalue weighted by Gasteiger charge is -2.31. The highest BCUT2D eigenvalue weighted by molar-refractivity contribution is 7.80. The van der Waals surface area contributed by atoms with E-state index in [-0.39, 0.29) is 28.2 Å². The smallest absolute Gasteiger partial charge is 0.416 e. The second-order valence-electron chi connectivity index (χ2n) is 6.61. The summed E-state index contributed by atoms with van der Waals surface area (Å²) in [5, 5.41) is 6.24. The number of methoxy groups -OCH3 is 1. The number of carbonyl (C=O) groups excluding carboxylic acids is 1. The first-order valence-electron chi connectivity index (χ1n) is 8.85. The number of hydrogen-bond acceptors (Lipinski definition) is 5. The van der Waals surface area contributed by atoms with Crippen molar-refractivity contribution in [2.24, 2.45) is 0 Å². The molecular weight excluding hydrogens is 457 g/mol. The SMILES string of the molecule is COC(=O)C1=C(c2ccc(C(F)(F)F)cc2)NC(=S)NC1c1cc2c(cc1Cl)OCO2. The van der Waals surface area contributed by atoms with Gasteiger partial charge in [-0.2, -0.15) is 13.2 Å². The molecule has 0 radical (unpaired) electrons. The average molecular weight is 471 g/mol. The molecule has 2 aromatic carbocycles. The highest BCUT2D eigenvalue weighted by Gasteiger charge is 2.36. The summed E-state index contributed by atoms with van der Waals surface area (Å²) in [6, 6.07) is 6.67. The fraction of sp³-hybridized carbons (Fsp3) is 0.200. The van der Waals surface area contributed by atoms with E-state index in [0.29, 0.717) is 22.6 Å². The zero-order valence-electron chi connectivity index (χ0n) is 15.8. The van der Waals surface area contributed by atoms with Gasteiger partial charge in [-0.05, 0) is 36.0 Å². The molecule has 4 rings (SSSR count). The number of hydrogen-bond donors (Lipinski definition) is 2. The molecule has 2 N–H and O–H groups in total. The van der Waals surface area contributed by atoms with Crippen LogP contribution in [0.4, 0.5) is 13.2 Å². The average Bonchev–Trinajstić information content (AvgIpc) is 3.18. The maximum absolute atomic E-state index is 13.0. The normalized spacial score (nSPS) is 17.8. The minimum absolute atomic E-state index is 0.0314. The number of nitrogens with one attached hydrogen (secondary N) is 2. The standard InChI is InChI=1S/C20H14ClF3N2O4S/c1-28-18(27)15-16(9-2-4-10(5-3-9)20(22,23)24)25-19(31)26-17(15)11-6-13-14(7-12(11)21)30-8-29-13/h2-7,17H,8H2,1H3,(H2,25,26,31). The van der Waals surface area contributed by atoms with E-state index in [2.05, 4.69) is 10.6 Å². The number of thiocarbonyl (C=S) groups is 1. The second-order valence-corrected chi connectivity index (χ2v) is 7.43. The van der Waals surface area contributed by atoms with Crippen LogP contribution in [0.3, 0.4) is 0 Å². The van der Waals surface area contributed by atoms with Gasteiger partial charge in [-0.15, -0.1) is 0 Å². The Bertz CT molecular complexity index is 1100. The van der Waals surface area contributed by atoms with Crippen molar-refractivity contribution in [3.63, 3.8) is 0 Å². The van der Waals surface area contributed by atoms with Crippen molar-refractivity contribution < 1.29 is 32.2 Å². The lowest BCUT2D eigenvalue weighted by molar-refractivity contribution is -0.138. The van der Waals surface area contributed by atoms with Crippen molar-refractivity contribution in [3.05, 3.63) is 63.7 Å². The lowest BCUT2D eigenvalue weighted by atomic mass is 9.92. The number of rotatable bonds is 3. The van der Waals surface area contributed by atoms with Crippen LogP contribution in [0.5, 0.6) is 11.5 Å². The Hall–Kier alpha value is -2.98. The van der Waals surface area contributed by atoms with Crippen LogP contribution in [0.2, 0.25) is 5.02 Å². The fourth-order valence-corrected chi connectivity index (χ4v) is 3.82. The molecule has 2 aliphatic heterocycles. The van der Waals surface area contributed by atoms with E-state index in [1.807, 2.05) is 0 Å². The van der Waals surface area contributed by atoms with Crippen LogP contribution in [-0.4, -0.2) is 25.0 Å². The maximum atomic E-state index is 13.0. The van der Waals surface area contributed by atoms with Crippen LogP contribution in [0.25, 0.3) is 5.70 Å². The van der Waals surface area contributed by atoms with Crippen LogP contribution in [-0.2, 0) is 15.7 Å². The van der Waals surface area contributed by atoms with Gasteiger partial charge >= 0.3 is 12.1 Å². The van der Waals surface area contributed by atoms with Gasteiger partial charge in [0.1, 0.15) is 0 Å². The van der Waals surface area contributed by atoms with E-state index >= 15 is 0 Å². The highest BCUT2D eigenvalue weighted by atomic mass is 35.5. The van der Waals surface area contributed by atoms with Gasteiger partial charge < -0.3 is 24.8 Å². The van der Waals surface area contributed by atoms with Crippen molar-refractivity contribution in [1.29, 1.82) is 0 Å². The Balaban J connectivity index is 1.86. The molecule has 11 heteroatoms. The van der Waals surface area contributed by atoms with Gasteiger partial charge in [0.2, 0.25) is 6.79 Å². The Kier molecular flexibility index (Phi) is 5.44. The molecule has 0 bridgehead atoms. The van der Waals surface area contributed by atoms with Gasteiger partial charge in [0.15, 0.2) is 16.6 Å². The van der Waals surface area contributed by atoms with Crippen molar-refractivity contribution in [2.75, 3.05) is 13.9 Å². The van der Waals surface area contributed by atoms with Crippen molar-refractivity contribution in [3.8, 4) is 11.5 Å². The number of halogens is 4. The largest absolute Gasteiger partial charge is 0.466 e. The quantitative estimate of drug-likeness (QED) is 0.515.